The van der Waals surface area contributed by atoms with Gasteiger partial charge in [-0.25, -0.2) is 4.98 Å². The second-order valence-corrected chi connectivity index (χ2v) is 5.76. The van der Waals surface area contributed by atoms with E-state index in [2.05, 4.69) is 10.3 Å². The lowest BCUT2D eigenvalue weighted by Gasteiger charge is -1.98. The van der Waals surface area contributed by atoms with Crippen molar-refractivity contribution in [1.29, 1.82) is 0 Å². The number of aromatic nitrogens is 1. The van der Waals surface area contributed by atoms with Gasteiger partial charge in [0.2, 0.25) is 0 Å². The Balaban J connectivity index is 1.73. The van der Waals surface area contributed by atoms with E-state index in [4.69, 9.17) is 11.6 Å². The van der Waals surface area contributed by atoms with Crippen LogP contribution >= 0.6 is 22.9 Å². The molecule has 0 atom stereocenters. The van der Waals surface area contributed by atoms with Crippen LogP contribution in [0.15, 0.2) is 18.2 Å². The molecule has 1 N–H and O–H groups in total. The van der Waals surface area contributed by atoms with Crippen molar-refractivity contribution in [2.24, 2.45) is 5.92 Å². The Morgan fingerprint density at radius 1 is 1.44 bits per heavy atom. The standard InChI is InChI=1S/C12H13ClN2S/c13-9-2-1-3-10-12(9)16-11(15-10)7-14-6-8-4-5-8/h1-3,8,14H,4-7H2. The minimum absolute atomic E-state index is 0.809. The number of hydrogen-bond acceptors (Lipinski definition) is 3. The predicted octanol–water partition coefficient (Wildman–Crippen LogP) is 3.45. The Bertz CT molecular complexity index is 505. The summed E-state index contributed by atoms with van der Waals surface area (Å²) < 4.78 is 1.10. The summed E-state index contributed by atoms with van der Waals surface area (Å²) in [6.07, 6.45) is 2.78. The third-order valence-electron chi connectivity index (χ3n) is 2.82. The molecular formula is C12H13ClN2S. The first-order valence-corrected chi connectivity index (χ1v) is 6.77. The van der Waals surface area contributed by atoms with E-state index in [0.29, 0.717) is 0 Å². The van der Waals surface area contributed by atoms with Crippen molar-refractivity contribution in [2.45, 2.75) is 19.4 Å². The fourth-order valence-corrected chi connectivity index (χ4v) is 2.97. The highest BCUT2D eigenvalue weighted by atomic mass is 35.5. The molecule has 16 heavy (non-hydrogen) atoms. The molecule has 1 saturated carbocycles. The van der Waals surface area contributed by atoms with Crippen LogP contribution in [0, 0.1) is 5.92 Å². The monoisotopic (exact) mass is 252 g/mol. The zero-order chi connectivity index (χ0) is 11.0. The van der Waals surface area contributed by atoms with Gasteiger partial charge in [-0.15, -0.1) is 11.3 Å². The van der Waals surface area contributed by atoms with E-state index in [0.717, 1.165) is 39.3 Å². The number of halogens is 1. The normalized spacial score (nSPS) is 15.8. The van der Waals surface area contributed by atoms with Gasteiger partial charge in [-0.05, 0) is 37.4 Å². The van der Waals surface area contributed by atoms with Crippen LogP contribution in [0.2, 0.25) is 5.02 Å². The van der Waals surface area contributed by atoms with E-state index < -0.39 is 0 Å². The van der Waals surface area contributed by atoms with Gasteiger partial charge in [-0.1, -0.05) is 17.7 Å². The fourth-order valence-electron chi connectivity index (χ4n) is 1.74. The molecule has 84 valence electrons. The van der Waals surface area contributed by atoms with Gasteiger partial charge in [0.25, 0.3) is 0 Å². The maximum Gasteiger partial charge on any atom is 0.108 e. The molecule has 4 heteroatoms. The van der Waals surface area contributed by atoms with Gasteiger partial charge in [0.05, 0.1) is 15.2 Å². The first-order chi connectivity index (χ1) is 7.83. The summed E-state index contributed by atoms with van der Waals surface area (Å²) in [5, 5.41) is 5.39. The summed E-state index contributed by atoms with van der Waals surface area (Å²) in [7, 11) is 0. The number of rotatable bonds is 4. The van der Waals surface area contributed by atoms with Crippen molar-refractivity contribution in [3.8, 4) is 0 Å². The third-order valence-corrected chi connectivity index (χ3v) is 4.35. The maximum atomic E-state index is 6.11. The van der Waals surface area contributed by atoms with Gasteiger partial charge in [0.15, 0.2) is 0 Å². The summed E-state index contributed by atoms with van der Waals surface area (Å²) in [6, 6.07) is 5.89. The highest BCUT2D eigenvalue weighted by Crippen LogP contribution is 2.30. The van der Waals surface area contributed by atoms with Crippen molar-refractivity contribution in [3.63, 3.8) is 0 Å². The fraction of sp³-hybridized carbons (Fsp3) is 0.417. The van der Waals surface area contributed by atoms with Crippen LogP contribution in [0.4, 0.5) is 0 Å². The van der Waals surface area contributed by atoms with Crippen LogP contribution in [-0.4, -0.2) is 11.5 Å². The van der Waals surface area contributed by atoms with Crippen molar-refractivity contribution in [1.82, 2.24) is 10.3 Å². The van der Waals surface area contributed by atoms with Crippen LogP contribution in [0.25, 0.3) is 10.2 Å². The van der Waals surface area contributed by atoms with E-state index in [1.54, 1.807) is 11.3 Å². The lowest BCUT2D eigenvalue weighted by Crippen LogP contribution is -2.15. The number of nitrogens with one attached hydrogen (secondary N) is 1. The number of thiazole rings is 1. The zero-order valence-electron chi connectivity index (χ0n) is 8.87. The maximum absolute atomic E-state index is 6.11. The summed E-state index contributed by atoms with van der Waals surface area (Å²) >= 11 is 7.81. The molecule has 1 aliphatic carbocycles. The van der Waals surface area contributed by atoms with E-state index in [1.165, 1.54) is 12.8 Å². The van der Waals surface area contributed by atoms with Crippen LogP contribution in [0.3, 0.4) is 0 Å². The predicted molar refractivity (Wildman–Crippen MR) is 69.1 cm³/mol. The zero-order valence-corrected chi connectivity index (χ0v) is 10.4. The Morgan fingerprint density at radius 3 is 3.06 bits per heavy atom. The minimum Gasteiger partial charge on any atom is -0.310 e. The lowest BCUT2D eigenvalue weighted by atomic mass is 10.3. The molecule has 0 aliphatic heterocycles. The second-order valence-electron chi connectivity index (χ2n) is 4.27. The molecule has 0 bridgehead atoms. The topological polar surface area (TPSA) is 24.9 Å². The van der Waals surface area contributed by atoms with Crippen LogP contribution in [0.1, 0.15) is 17.8 Å². The van der Waals surface area contributed by atoms with Gasteiger partial charge in [0.1, 0.15) is 5.01 Å². The van der Waals surface area contributed by atoms with Gasteiger partial charge in [0, 0.05) is 6.54 Å². The van der Waals surface area contributed by atoms with Crippen LogP contribution < -0.4 is 5.32 Å². The summed E-state index contributed by atoms with van der Waals surface area (Å²) in [4.78, 5) is 4.56. The molecule has 2 aromatic rings. The molecule has 0 amide bonds. The first-order valence-electron chi connectivity index (χ1n) is 5.57. The molecule has 1 fully saturated rings. The highest BCUT2D eigenvalue weighted by Gasteiger charge is 2.20. The largest absolute Gasteiger partial charge is 0.310 e. The van der Waals surface area contributed by atoms with Crippen molar-refractivity contribution < 1.29 is 0 Å². The van der Waals surface area contributed by atoms with Crippen molar-refractivity contribution >= 4 is 33.2 Å². The number of nitrogens with zero attached hydrogens (tertiary/aromatic N) is 1. The van der Waals surface area contributed by atoms with E-state index in [9.17, 15) is 0 Å². The average molecular weight is 253 g/mol. The molecule has 0 saturated heterocycles. The SMILES string of the molecule is Clc1cccc2nc(CNCC3CC3)sc12. The molecule has 1 aromatic carbocycles. The molecule has 3 rings (SSSR count). The highest BCUT2D eigenvalue weighted by molar-refractivity contribution is 7.19. The van der Waals surface area contributed by atoms with E-state index in [1.807, 2.05) is 18.2 Å². The van der Waals surface area contributed by atoms with Gasteiger partial charge < -0.3 is 5.32 Å². The van der Waals surface area contributed by atoms with Gasteiger partial charge >= 0.3 is 0 Å². The quantitative estimate of drug-likeness (QED) is 0.902. The molecule has 0 radical (unpaired) electrons. The minimum atomic E-state index is 0.809. The number of benzene rings is 1. The van der Waals surface area contributed by atoms with Gasteiger partial charge in [-0.2, -0.15) is 0 Å². The Morgan fingerprint density at radius 2 is 2.31 bits per heavy atom. The number of fused-ring (bicyclic) bond motifs is 1. The van der Waals surface area contributed by atoms with E-state index in [-0.39, 0.29) is 0 Å². The Labute approximate surface area is 104 Å². The number of hydrogen-bond donors (Lipinski definition) is 1. The summed E-state index contributed by atoms with van der Waals surface area (Å²) in [5.41, 5.74) is 1.01. The Hall–Kier alpha value is -0.640. The van der Waals surface area contributed by atoms with E-state index >= 15 is 0 Å². The average Bonchev–Trinajstić information content (AvgIpc) is 2.98. The molecule has 1 heterocycles. The Kier molecular flexibility index (Phi) is 2.84. The third kappa shape index (κ3) is 2.21. The van der Waals surface area contributed by atoms with Crippen molar-refractivity contribution in [2.75, 3.05) is 6.54 Å². The molecule has 2 nitrogen and oxygen atoms in total. The molecule has 1 aliphatic rings. The summed E-state index contributed by atoms with van der Waals surface area (Å²) in [5.74, 6) is 0.915. The molecule has 0 spiro atoms. The molecular weight excluding hydrogens is 240 g/mol. The lowest BCUT2D eigenvalue weighted by molar-refractivity contribution is 0.637. The summed E-state index contributed by atoms with van der Waals surface area (Å²) in [6.45, 7) is 2.00. The van der Waals surface area contributed by atoms with Gasteiger partial charge in [-0.3, -0.25) is 0 Å². The molecule has 0 unspecified atom stereocenters. The molecule has 1 aromatic heterocycles. The van der Waals surface area contributed by atoms with Crippen molar-refractivity contribution in [3.05, 3.63) is 28.2 Å². The first kappa shape index (κ1) is 10.5. The second kappa shape index (κ2) is 4.32. The van der Waals surface area contributed by atoms with Crippen LogP contribution in [0.5, 0.6) is 0 Å². The van der Waals surface area contributed by atoms with Crippen LogP contribution in [-0.2, 0) is 6.54 Å². The smallest absolute Gasteiger partial charge is 0.108 e.